The van der Waals surface area contributed by atoms with Gasteiger partial charge in [-0.3, -0.25) is 14.6 Å². The first kappa shape index (κ1) is 18.5. The Hall–Kier alpha value is -2.31. The van der Waals surface area contributed by atoms with Crippen LogP contribution in [0.25, 0.3) is 0 Å². The summed E-state index contributed by atoms with van der Waals surface area (Å²) in [5, 5.41) is 9.04. The smallest absolute Gasteiger partial charge is 0.317 e. The minimum absolute atomic E-state index is 0.00405. The molecule has 1 aliphatic rings. The number of carbonyl (C=O) groups is 1. The number of aliphatic carboxylic acids is 1. The van der Waals surface area contributed by atoms with E-state index in [1.54, 1.807) is 0 Å². The predicted octanol–water partition coefficient (Wildman–Crippen LogP) is 3.14. The Labute approximate surface area is 151 Å². The summed E-state index contributed by atoms with van der Waals surface area (Å²) in [5.74, 6) is -2.02. The van der Waals surface area contributed by atoms with Crippen LogP contribution in [0.3, 0.4) is 0 Å². The highest BCUT2D eigenvalue weighted by Crippen LogP contribution is 2.32. The largest absolute Gasteiger partial charge is 0.480 e. The molecule has 1 heterocycles. The fourth-order valence-electron chi connectivity index (χ4n) is 3.61. The Bertz CT molecular complexity index is 770. The molecule has 138 valence electrons. The first-order valence-corrected chi connectivity index (χ1v) is 8.65. The maximum Gasteiger partial charge on any atom is 0.317 e. The molecule has 1 fully saturated rings. The van der Waals surface area contributed by atoms with Gasteiger partial charge in [-0.25, -0.2) is 8.78 Å². The number of hydrogen-bond donors (Lipinski definition) is 1. The van der Waals surface area contributed by atoms with Crippen LogP contribution in [0.1, 0.15) is 24.1 Å². The molecule has 26 heavy (non-hydrogen) atoms. The van der Waals surface area contributed by atoms with Gasteiger partial charge in [-0.2, -0.15) is 0 Å². The summed E-state index contributed by atoms with van der Waals surface area (Å²) in [6.45, 7) is 3.76. The van der Waals surface area contributed by atoms with Crippen LogP contribution in [0.5, 0.6) is 0 Å². The van der Waals surface area contributed by atoms with Gasteiger partial charge in [-0.05, 0) is 18.6 Å². The van der Waals surface area contributed by atoms with Crippen molar-refractivity contribution < 1.29 is 18.7 Å². The molecule has 3 rings (SSSR count). The second-order valence-electron chi connectivity index (χ2n) is 6.69. The average Bonchev–Trinajstić information content (AvgIpc) is 2.60. The van der Waals surface area contributed by atoms with Gasteiger partial charge in [-0.1, -0.05) is 36.4 Å². The Morgan fingerprint density at radius 1 is 1.19 bits per heavy atom. The minimum atomic E-state index is -0.852. The van der Waals surface area contributed by atoms with Crippen molar-refractivity contribution in [1.29, 1.82) is 0 Å². The zero-order valence-electron chi connectivity index (χ0n) is 14.6. The highest BCUT2D eigenvalue weighted by molar-refractivity contribution is 5.69. The van der Waals surface area contributed by atoms with Crippen molar-refractivity contribution in [3.8, 4) is 0 Å². The quantitative estimate of drug-likeness (QED) is 0.890. The summed E-state index contributed by atoms with van der Waals surface area (Å²) in [6, 6.07) is 12.9. The number of carboxylic acids is 1. The Balaban J connectivity index is 1.91. The number of nitrogens with zero attached hydrogens (tertiary/aromatic N) is 2. The van der Waals surface area contributed by atoms with Gasteiger partial charge in [0.15, 0.2) is 0 Å². The van der Waals surface area contributed by atoms with Crippen molar-refractivity contribution in [2.24, 2.45) is 0 Å². The molecule has 0 saturated carbocycles. The Kier molecular flexibility index (Phi) is 5.64. The third-order valence-corrected chi connectivity index (χ3v) is 4.87. The lowest BCUT2D eigenvalue weighted by Crippen LogP contribution is -2.54. The molecule has 4 nitrogen and oxygen atoms in total. The lowest BCUT2D eigenvalue weighted by Gasteiger charge is -2.43. The number of rotatable bonds is 5. The van der Waals surface area contributed by atoms with Crippen molar-refractivity contribution in [2.75, 3.05) is 26.2 Å². The van der Waals surface area contributed by atoms with Gasteiger partial charge in [0.25, 0.3) is 0 Å². The van der Waals surface area contributed by atoms with Crippen molar-refractivity contribution in [3.05, 3.63) is 71.3 Å². The average molecular weight is 360 g/mol. The third-order valence-electron chi connectivity index (χ3n) is 4.87. The molecule has 0 bridgehead atoms. The molecule has 2 aromatic rings. The van der Waals surface area contributed by atoms with Crippen molar-refractivity contribution in [3.63, 3.8) is 0 Å². The van der Waals surface area contributed by atoms with Crippen LogP contribution < -0.4 is 0 Å². The highest BCUT2D eigenvalue weighted by Gasteiger charge is 2.32. The summed E-state index contributed by atoms with van der Waals surface area (Å²) in [6.07, 6.45) is 0. The lowest BCUT2D eigenvalue weighted by molar-refractivity contribution is -0.139. The SMILES string of the molecule is C[C@@H]1CN([C@@H](c2ccccc2)c2ccc(F)cc2F)CCN1CC(=O)O. The van der Waals surface area contributed by atoms with Gasteiger partial charge in [0.2, 0.25) is 0 Å². The molecular weight excluding hydrogens is 338 g/mol. The zero-order valence-corrected chi connectivity index (χ0v) is 14.6. The van der Waals surface area contributed by atoms with Gasteiger partial charge in [-0.15, -0.1) is 0 Å². The van der Waals surface area contributed by atoms with Crippen LogP contribution in [0.15, 0.2) is 48.5 Å². The van der Waals surface area contributed by atoms with E-state index in [-0.39, 0.29) is 18.6 Å². The van der Waals surface area contributed by atoms with Crippen LogP contribution in [-0.2, 0) is 4.79 Å². The number of carboxylic acid groups (broad SMARTS) is 1. The molecule has 0 radical (unpaired) electrons. The number of halogens is 2. The van der Waals surface area contributed by atoms with E-state index in [1.807, 2.05) is 42.2 Å². The van der Waals surface area contributed by atoms with Crippen LogP contribution in [0.2, 0.25) is 0 Å². The predicted molar refractivity (Wildman–Crippen MR) is 94.9 cm³/mol. The van der Waals surface area contributed by atoms with E-state index < -0.39 is 17.6 Å². The number of benzene rings is 2. The minimum Gasteiger partial charge on any atom is -0.480 e. The standard InChI is InChI=1S/C20H22F2N2O2/c1-14-12-24(10-9-23(14)13-19(25)26)20(15-5-3-2-4-6-15)17-8-7-16(21)11-18(17)22/h2-8,11,14,20H,9-10,12-13H2,1H3,(H,25,26)/t14-,20+/m1/s1. The van der Waals surface area contributed by atoms with Crippen molar-refractivity contribution in [2.45, 2.75) is 19.0 Å². The van der Waals surface area contributed by atoms with Crippen LogP contribution in [0, 0.1) is 11.6 Å². The lowest BCUT2D eigenvalue weighted by atomic mass is 9.95. The molecule has 1 aliphatic heterocycles. The van der Waals surface area contributed by atoms with E-state index >= 15 is 0 Å². The summed E-state index contributed by atoms with van der Waals surface area (Å²) in [4.78, 5) is 15.0. The second-order valence-corrected chi connectivity index (χ2v) is 6.69. The van der Waals surface area contributed by atoms with Crippen LogP contribution >= 0.6 is 0 Å². The first-order chi connectivity index (χ1) is 12.5. The molecule has 0 aromatic heterocycles. The molecule has 2 atom stereocenters. The summed E-state index contributed by atoms with van der Waals surface area (Å²) < 4.78 is 27.9. The second kappa shape index (κ2) is 7.93. The van der Waals surface area contributed by atoms with Gasteiger partial charge in [0.05, 0.1) is 12.6 Å². The highest BCUT2D eigenvalue weighted by atomic mass is 19.1. The maximum atomic E-state index is 14.5. The summed E-state index contributed by atoms with van der Waals surface area (Å²) in [7, 11) is 0. The molecule has 6 heteroatoms. The topological polar surface area (TPSA) is 43.8 Å². The number of piperazine rings is 1. The van der Waals surface area contributed by atoms with E-state index in [9.17, 15) is 13.6 Å². The van der Waals surface area contributed by atoms with Crippen LogP contribution in [0.4, 0.5) is 8.78 Å². The Morgan fingerprint density at radius 2 is 1.92 bits per heavy atom. The maximum absolute atomic E-state index is 14.5. The number of hydrogen-bond acceptors (Lipinski definition) is 3. The zero-order chi connectivity index (χ0) is 18.7. The van der Waals surface area contributed by atoms with Crippen molar-refractivity contribution in [1.82, 2.24) is 9.80 Å². The molecule has 1 saturated heterocycles. The molecule has 1 N–H and O–H groups in total. The van der Waals surface area contributed by atoms with Gasteiger partial charge in [0, 0.05) is 37.3 Å². The summed E-state index contributed by atoms with van der Waals surface area (Å²) in [5.41, 5.74) is 1.35. The fourth-order valence-corrected chi connectivity index (χ4v) is 3.61. The first-order valence-electron chi connectivity index (χ1n) is 8.65. The fraction of sp³-hybridized carbons (Fsp3) is 0.350. The van der Waals surface area contributed by atoms with E-state index in [2.05, 4.69) is 4.90 Å². The van der Waals surface area contributed by atoms with E-state index in [4.69, 9.17) is 5.11 Å². The van der Waals surface area contributed by atoms with Gasteiger partial charge >= 0.3 is 5.97 Å². The molecule has 0 spiro atoms. The van der Waals surface area contributed by atoms with Gasteiger partial charge < -0.3 is 5.11 Å². The normalized spacial score (nSPS) is 20.0. The molecule has 0 aliphatic carbocycles. The van der Waals surface area contributed by atoms with Gasteiger partial charge in [0.1, 0.15) is 11.6 Å². The molecule has 0 amide bonds. The molecule has 2 aromatic carbocycles. The van der Waals surface area contributed by atoms with E-state index in [0.29, 0.717) is 25.2 Å². The Morgan fingerprint density at radius 3 is 2.54 bits per heavy atom. The molecular formula is C20H22F2N2O2. The van der Waals surface area contributed by atoms with Crippen molar-refractivity contribution >= 4 is 5.97 Å². The van der Waals surface area contributed by atoms with E-state index in [0.717, 1.165) is 11.6 Å². The van der Waals surface area contributed by atoms with Crippen LogP contribution in [-0.4, -0.2) is 53.1 Å². The van der Waals surface area contributed by atoms with E-state index in [1.165, 1.54) is 12.1 Å². The summed E-state index contributed by atoms with van der Waals surface area (Å²) >= 11 is 0. The molecule has 0 unspecified atom stereocenters. The monoisotopic (exact) mass is 360 g/mol. The third kappa shape index (κ3) is 4.08.